The zero-order valence-corrected chi connectivity index (χ0v) is 21.7. The summed E-state index contributed by atoms with van der Waals surface area (Å²) in [6.45, 7) is 2.77. The van der Waals surface area contributed by atoms with E-state index in [1.54, 1.807) is 12.3 Å². The summed E-state index contributed by atoms with van der Waals surface area (Å²) in [6, 6.07) is 2.93. The molecule has 2 aromatic rings. The number of hydrogen-bond donors (Lipinski definition) is 1. The minimum Gasteiger partial charge on any atom is -0.432 e. The molecule has 13 heteroatoms. The van der Waals surface area contributed by atoms with Crippen LogP contribution in [-0.4, -0.2) is 65.7 Å². The second-order valence-corrected chi connectivity index (χ2v) is 9.56. The van der Waals surface area contributed by atoms with Gasteiger partial charge in [0.05, 0.1) is 11.3 Å². The monoisotopic (exact) mass is 537 g/mol. The second-order valence-electron chi connectivity index (χ2n) is 8.71. The highest BCUT2D eigenvalue weighted by atomic mass is 32.1. The molecule has 0 atom stereocenters. The number of nitrogens with zero attached hydrogens (tertiary/aromatic N) is 4. The van der Waals surface area contributed by atoms with Crippen LogP contribution in [-0.2, 0) is 9.59 Å². The Morgan fingerprint density at radius 3 is 2.54 bits per heavy atom. The van der Waals surface area contributed by atoms with Crippen LogP contribution >= 0.6 is 11.3 Å². The van der Waals surface area contributed by atoms with Gasteiger partial charge >= 0.3 is 12.6 Å². The number of likely N-dealkylation sites (N-methyl/N-ethyl adjacent to an activating group) is 2. The van der Waals surface area contributed by atoms with Crippen LogP contribution in [0.25, 0.3) is 11.3 Å². The Kier molecular flexibility index (Phi) is 8.69. The predicted molar refractivity (Wildman–Crippen MR) is 133 cm³/mol. The molecule has 4 amide bonds. The number of amidine groups is 1. The molecule has 0 spiro atoms. The first kappa shape index (κ1) is 27.8. The van der Waals surface area contributed by atoms with E-state index in [0.717, 1.165) is 28.4 Å². The van der Waals surface area contributed by atoms with E-state index in [1.807, 2.05) is 13.8 Å². The van der Waals surface area contributed by atoms with Crippen molar-refractivity contribution in [2.24, 2.45) is 10.9 Å². The van der Waals surface area contributed by atoms with Crippen LogP contribution in [0, 0.1) is 11.7 Å². The molecule has 1 aliphatic heterocycles. The van der Waals surface area contributed by atoms with Crippen LogP contribution in [0.4, 0.5) is 23.1 Å². The van der Waals surface area contributed by atoms with Crippen molar-refractivity contribution < 1.29 is 32.3 Å². The highest BCUT2D eigenvalue weighted by Crippen LogP contribution is 2.29. The van der Waals surface area contributed by atoms with Crippen molar-refractivity contribution in [3.8, 4) is 17.0 Å². The van der Waals surface area contributed by atoms with Crippen molar-refractivity contribution in [1.82, 2.24) is 14.8 Å². The van der Waals surface area contributed by atoms with Crippen LogP contribution in [0.15, 0.2) is 39.7 Å². The van der Waals surface area contributed by atoms with E-state index >= 15 is 0 Å². The van der Waals surface area contributed by atoms with Crippen molar-refractivity contribution in [2.45, 2.75) is 33.8 Å². The molecule has 1 fully saturated rings. The summed E-state index contributed by atoms with van der Waals surface area (Å²) >= 11 is 1.08. The number of carbonyl (C=O) groups is 3. The van der Waals surface area contributed by atoms with Gasteiger partial charge in [-0.3, -0.25) is 24.4 Å². The zero-order chi connectivity index (χ0) is 27.4. The van der Waals surface area contributed by atoms with E-state index in [1.165, 1.54) is 25.1 Å². The van der Waals surface area contributed by atoms with Gasteiger partial charge in [0.15, 0.2) is 16.7 Å². The smallest absolute Gasteiger partial charge is 0.387 e. The lowest BCUT2D eigenvalue weighted by Gasteiger charge is -2.33. The molecular formula is C24H26F3N5O4S. The van der Waals surface area contributed by atoms with Crippen molar-refractivity contribution >= 4 is 40.1 Å². The average molecular weight is 538 g/mol. The summed E-state index contributed by atoms with van der Waals surface area (Å²) in [5.41, 5.74) is 1.24. The quantitative estimate of drug-likeness (QED) is 0.489. The van der Waals surface area contributed by atoms with Gasteiger partial charge in [0.25, 0.3) is 5.91 Å². The number of alkyl halides is 2. The fourth-order valence-electron chi connectivity index (χ4n) is 3.47. The Morgan fingerprint density at radius 2 is 1.92 bits per heavy atom. The lowest BCUT2D eigenvalue weighted by Crippen LogP contribution is -2.53. The van der Waals surface area contributed by atoms with Crippen molar-refractivity contribution in [1.29, 1.82) is 0 Å². The van der Waals surface area contributed by atoms with Gasteiger partial charge in [0.2, 0.25) is 5.91 Å². The maximum Gasteiger partial charge on any atom is 0.387 e. The molecule has 0 unspecified atom stereocenters. The maximum atomic E-state index is 14.1. The fourth-order valence-corrected chi connectivity index (χ4v) is 4.21. The minimum absolute atomic E-state index is 0.166. The Bertz CT molecular complexity index is 1270. The Labute approximate surface area is 215 Å². The number of benzene rings is 1. The predicted octanol–water partition coefficient (Wildman–Crippen LogP) is 4.77. The number of hydrogen-bond acceptors (Lipinski definition) is 7. The molecule has 198 valence electrons. The van der Waals surface area contributed by atoms with E-state index < -0.39 is 36.0 Å². The molecule has 2 heterocycles. The number of anilines is 1. The van der Waals surface area contributed by atoms with Gasteiger partial charge < -0.3 is 10.1 Å². The number of amides is 4. The zero-order valence-electron chi connectivity index (χ0n) is 20.8. The number of carbonyl (C=O) groups excluding carboxylic acids is 3. The van der Waals surface area contributed by atoms with Gasteiger partial charge in [0.1, 0.15) is 5.84 Å². The number of imide groups is 1. The third kappa shape index (κ3) is 6.53. The van der Waals surface area contributed by atoms with E-state index in [9.17, 15) is 27.6 Å². The Morgan fingerprint density at radius 1 is 1.22 bits per heavy atom. The summed E-state index contributed by atoms with van der Waals surface area (Å²) in [6.07, 6.45) is -0.166. The molecule has 1 aliphatic rings. The Balaban J connectivity index is 1.78. The van der Waals surface area contributed by atoms with E-state index in [4.69, 9.17) is 0 Å². The van der Waals surface area contributed by atoms with E-state index in [0.29, 0.717) is 23.4 Å². The summed E-state index contributed by atoms with van der Waals surface area (Å²) in [5, 5.41) is 4.43. The molecule has 9 nitrogen and oxygen atoms in total. The number of aromatic nitrogens is 1. The number of thiazole rings is 1. The Hall–Kier alpha value is -3.74. The van der Waals surface area contributed by atoms with E-state index in [2.05, 4.69) is 20.0 Å². The first-order valence-electron chi connectivity index (χ1n) is 11.2. The third-order valence-electron chi connectivity index (χ3n) is 5.29. The maximum absolute atomic E-state index is 14.1. The second kappa shape index (κ2) is 11.5. The lowest BCUT2D eigenvalue weighted by atomic mass is 10.0. The number of ether oxygens (including phenoxy) is 1. The van der Waals surface area contributed by atoms with Crippen molar-refractivity contribution in [3.05, 3.63) is 40.5 Å². The average Bonchev–Trinajstić information content (AvgIpc) is 3.28. The molecule has 1 aromatic carbocycles. The highest BCUT2D eigenvalue weighted by Gasteiger charge is 2.37. The molecule has 0 radical (unpaired) electrons. The van der Waals surface area contributed by atoms with E-state index in [-0.39, 0.29) is 28.9 Å². The van der Waals surface area contributed by atoms with Crippen LogP contribution in [0.1, 0.15) is 27.2 Å². The first-order chi connectivity index (χ1) is 17.4. The topological polar surface area (TPSA) is 104 Å². The van der Waals surface area contributed by atoms with Crippen molar-refractivity contribution in [2.75, 3.05) is 26.0 Å². The number of halogens is 3. The summed E-state index contributed by atoms with van der Waals surface area (Å²) in [5.74, 6) is -2.16. The van der Waals surface area contributed by atoms with Gasteiger partial charge in [-0.25, -0.2) is 14.2 Å². The number of nitrogens with one attached hydrogen (secondary N) is 1. The molecule has 1 N–H and O–H groups in total. The molecule has 3 rings (SSSR count). The SMILES string of the molecule is C/C(CC(=O)Nc1nc(-c2ccc(OC(F)F)c(F)c2)cs1)=C1/C(=O)N(C)C(=O)N(C)/C1=N/CC(C)C. The molecule has 1 saturated heterocycles. The number of urea groups is 1. The molecule has 0 saturated carbocycles. The summed E-state index contributed by atoms with van der Waals surface area (Å²) < 4.78 is 42.8. The van der Waals surface area contributed by atoms with Crippen LogP contribution in [0.5, 0.6) is 5.75 Å². The van der Waals surface area contributed by atoms with Gasteiger partial charge in [-0.15, -0.1) is 11.3 Å². The van der Waals surface area contributed by atoms with Gasteiger partial charge in [0, 0.05) is 38.0 Å². The molecule has 1 aromatic heterocycles. The van der Waals surface area contributed by atoms with Crippen LogP contribution < -0.4 is 10.1 Å². The molecule has 0 aliphatic carbocycles. The van der Waals surface area contributed by atoms with Gasteiger partial charge in [-0.1, -0.05) is 13.8 Å². The highest BCUT2D eigenvalue weighted by molar-refractivity contribution is 7.14. The largest absolute Gasteiger partial charge is 0.432 e. The lowest BCUT2D eigenvalue weighted by molar-refractivity contribution is -0.123. The molecule has 0 bridgehead atoms. The van der Waals surface area contributed by atoms with Gasteiger partial charge in [-0.2, -0.15) is 8.78 Å². The number of rotatable bonds is 8. The minimum atomic E-state index is -3.15. The first-order valence-corrected chi connectivity index (χ1v) is 12.1. The standard InChI is InChI=1S/C24H26F3N5O4S/c1-12(2)10-28-20-19(21(34)32(5)24(35)31(20)4)13(3)8-18(33)30-23-29-16(11-37-23)14-6-7-17(15(25)9-14)36-22(26)27/h6-7,9,11-12,22H,8,10H2,1-5H3,(H,29,30,33)/b19-13-,28-20+. The third-order valence-corrected chi connectivity index (χ3v) is 6.04. The van der Waals surface area contributed by atoms with Crippen LogP contribution in [0.2, 0.25) is 0 Å². The fraction of sp³-hybridized carbons (Fsp3) is 0.375. The summed E-state index contributed by atoms with van der Waals surface area (Å²) in [7, 11) is 2.88. The van der Waals surface area contributed by atoms with Gasteiger partial charge in [-0.05, 0) is 36.6 Å². The number of aliphatic imine (C=N–C) groups is 1. The van der Waals surface area contributed by atoms with Crippen LogP contribution in [0.3, 0.4) is 0 Å². The molecular weight excluding hydrogens is 511 g/mol. The molecule has 37 heavy (non-hydrogen) atoms. The van der Waals surface area contributed by atoms with Crippen molar-refractivity contribution in [3.63, 3.8) is 0 Å². The normalized spacial score (nSPS) is 16.8. The summed E-state index contributed by atoms with van der Waals surface area (Å²) in [4.78, 5) is 49.0.